The second-order valence-corrected chi connectivity index (χ2v) is 7.14. The molecule has 2 heterocycles. The number of fused-ring (bicyclic) bond motifs is 1. The minimum atomic E-state index is -0.779. The van der Waals surface area contributed by atoms with Crippen LogP contribution in [0.25, 0.3) is 22.2 Å². The van der Waals surface area contributed by atoms with Gasteiger partial charge in [-0.2, -0.15) is 0 Å². The van der Waals surface area contributed by atoms with Gasteiger partial charge >= 0.3 is 5.97 Å². The lowest BCUT2D eigenvalue weighted by Gasteiger charge is -2.06. The van der Waals surface area contributed by atoms with Gasteiger partial charge in [-0.1, -0.05) is 52.6 Å². The van der Waals surface area contributed by atoms with Crippen molar-refractivity contribution in [3.8, 4) is 11.3 Å². The number of carbonyl (C=O) groups excluding carboxylic acids is 2. The molecule has 0 atom stereocenters. The van der Waals surface area contributed by atoms with Gasteiger partial charge in [-0.3, -0.25) is 10.1 Å². The Balaban J connectivity index is 1.78. The molecule has 9 heteroatoms. The molecule has 0 saturated carbocycles. The fourth-order valence-electron chi connectivity index (χ4n) is 3.11. The third-order valence-electron chi connectivity index (χ3n) is 4.56. The zero-order chi connectivity index (χ0) is 21.4. The number of benzene rings is 2. The highest BCUT2D eigenvalue weighted by molar-refractivity contribution is 6.39. The second-order valence-electron chi connectivity index (χ2n) is 6.33. The van der Waals surface area contributed by atoms with E-state index in [0.717, 1.165) is 5.39 Å². The minimum absolute atomic E-state index is 0.0501. The van der Waals surface area contributed by atoms with Crippen LogP contribution in [0.1, 0.15) is 26.5 Å². The fourth-order valence-corrected chi connectivity index (χ4v) is 3.69. The number of rotatable bonds is 4. The van der Waals surface area contributed by atoms with Gasteiger partial charge in [0.25, 0.3) is 5.91 Å². The molecule has 0 saturated heterocycles. The van der Waals surface area contributed by atoms with Crippen LogP contribution in [0.15, 0.2) is 51.4 Å². The molecule has 0 fully saturated rings. The molecule has 0 aliphatic heterocycles. The average molecular weight is 445 g/mol. The highest BCUT2D eigenvalue weighted by Gasteiger charge is 2.30. The molecule has 30 heavy (non-hydrogen) atoms. The van der Waals surface area contributed by atoms with E-state index in [9.17, 15) is 9.59 Å². The third-order valence-corrected chi connectivity index (χ3v) is 5.19. The lowest BCUT2D eigenvalue weighted by Crippen LogP contribution is -2.15. The van der Waals surface area contributed by atoms with Crippen molar-refractivity contribution < 1.29 is 23.3 Å². The first-order chi connectivity index (χ1) is 14.4. The van der Waals surface area contributed by atoms with E-state index in [2.05, 4.69) is 10.5 Å². The molecule has 4 rings (SSSR count). The second kappa shape index (κ2) is 7.85. The van der Waals surface area contributed by atoms with Crippen LogP contribution in [0.5, 0.6) is 0 Å². The number of para-hydroxylation sites is 1. The number of anilines is 1. The summed E-state index contributed by atoms with van der Waals surface area (Å²) in [5.41, 5.74) is 1.43. The molecule has 0 unspecified atom stereocenters. The lowest BCUT2D eigenvalue weighted by molar-refractivity contribution is 0.0602. The number of nitrogens with zero attached hydrogens (tertiary/aromatic N) is 1. The summed E-state index contributed by atoms with van der Waals surface area (Å²) in [6.07, 6.45) is 0. The highest BCUT2D eigenvalue weighted by Crippen LogP contribution is 2.38. The molecule has 2 aromatic heterocycles. The number of hydrogen-bond donors (Lipinski definition) is 1. The van der Waals surface area contributed by atoms with Gasteiger partial charge in [0.15, 0.2) is 11.3 Å². The summed E-state index contributed by atoms with van der Waals surface area (Å²) in [5, 5.41) is 7.74. The SMILES string of the molecule is COC(=O)c1c(-c2c(Cl)cccc2Cl)noc1NC(=O)c1oc2ccccc2c1C. The summed E-state index contributed by atoms with van der Waals surface area (Å²) in [5.74, 6) is -1.51. The number of amides is 1. The summed E-state index contributed by atoms with van der Waals surface area (Å²) >= 11 is 12.5. The molecule has 1 amide bonds. The van der Waals surface area contributed by atoms with Gasteiger partial charge in [0.05, 0.1) is 17.2 Å². The zero-order valence-electron chi connectivity index (χ0n) is 15.8. The first kappa shape index (κ1) is 20.0. The van der Waals surface area contributed by atoms with Crippen molar-refractivity contribution in [2.45, 2.75) is 6.92 Å². The predicted octanol–water partition coefficient (Wildman–Crippen LogP) is 5.74. The van der Waals surface area contributed by atoms with Crippen molar-refractivity contribution in [2.75, 3.05) is 12.4 Å². The van der Waals surface area contributed by atoms with Crippen LogP contribution in [0.4, 0.5) is 5.88 Å². The van der Waals surface area contributed by atoms with Crippen molar-refractivity contribution in [3.05, 3.63) is 69.4 Å². The van der Waals surface area contributed by atoms with Gasteiger partial charge in [0.1, 0.15) is 11.3 Å². The van der Waals surface area contributed by atoms with Gasteiger partial charge in [-0.25, -0.2) is 4.79 Å². The number of methoxy groups -OCH3 is 1. The number of ether oxygens (including phenoxy) is 1. The van der Waals surface area contributed by atoms with E-state index in [1.54, 1.807) is 37.3 Å². The first-order valence-corrected chi connectivity index (χ1v) is 9.49. The van der Waals surface area contributed by atoms with Crippen LogP contribution in [-0.4, -0.2) is 24.1 Å². The summed E-state index contributed by atoms with van der Waals surface area (Å²) in [4.78, 5) is 25.3. The van der Waals surface area contributed by atoms with E-state index in [1.165, 1.54) is 7.11 Å². The maximum absolute atomic E-state index is 12.9. The Hall–Kier alpha value is -3.29. The standard InChI is InChI=1S/C21H14Cl2N2O5/c1-10-11-6-3-4-9-14(11)29-18(10)19(26)24-20-16(21(27)28-2)17(25-30-20)15-12(22)7-5-8-13(15)23/h3-9H,1-2H3,(H,24,26). The molecule has 0 radical (unpaired) electrons. The number of furan rings is 1. The number of hydrogen-bond acceptors (Lipinski definition) is 6. The summed E-state index contributed by atoms with van der Waals surface area (Å²) in [6.45, 7) is 1.76. The Morgan fingerprint density at radius 3 is 2.43 bits per heavy atom. The van der Waals surface area contributed by atoms with Crippen LogP contribution in [0.3, 0.4) is 0 Å². The third kappa shape index (κ3) is 3.32. The first-order valence-electron chi connectivity index (χ1n) is 8.74. The molecule has 0 aliphatic rings. The minimum Gasteiger partial charge on any atom is -0.465 e. The maximum atomic E-state index is 12.9. The molecule has 0 bridgehead atoms. The van der Waals surface area contributed by atoms with Crippen LogP contribution >= 0.6 is 23.2 Å². The monoisotopic (exact) mass is 444 g/mol. The summed E-state index contributed by atoms with van der Waals surface area (Å²) < 4.78 is 15.7. The van der Waals surface area contributed by atoms with E-state index in [1.807, 2.05) is 12.1 Å². The van der Waals surface area contributed by atoms with Gasteiger partial charge in [0, 0.05) is 16.5 Å². The maximum Gasteiger partial charge on any atom is 0.345 e. The molecular formula is C21H14Cl2N2O5. The van der Waals surface area contributed by atoms with E-state index in [4.69, 9.17) is 36.9 Å². The average Bonchev–Trinajstić information content (AvgIpc) is 3.29. The van der Waals surface area contributed by atoms with E-state index >= 15 is 0 Å². The van der Waals surface area contributed by atoms with E-state index < -0.39 is 11.9 Å². The summed E-state index contributed by atoms with van der Waals surface area (Å²) in [6, 6.07) is 12.1. The Morgan fingerprint density at radius 1 is 1.07 bits per heavy atom. The molecule has 152 valence electrons. The fraction of sp³-hybridized carbons (Fsp3) is 0.0952. The van der Waals surface area contributed by atoms with Crippen LogP contribution in [0.2, 0.25) is 10.0 Å². The van der Waals surface area contributed by atoms with E-state index in [0.29, 0.717) is 11.1 Å². The molecule has 2 aromatic carbocycles. The van der Waals surface area contributed by atoms with Crippen molar-refractivity contribution >= 4 is 51.9 Å². The van der Waals surface area contributed by atoms with Crippen molar-refractivity contribution in [1.82, 2.24) is 5.16 Å². The number of carbonyl (C=O) groups is 2. The molecule has 0 spiro atoms. The van der Waals surface area contributed by atoms with Crippen LogP contribution in [-0.2, 0) is 4.74 Å². The summed E-state index contributed by atoms with van der Waals surface area (Å²) in [7, 11) is 1.20. The van der Waals surface area contributed by atoms with Crippen molar-refractivity contribution in [3.63, 3.8) is 0 Å². The number of aromatic nitrogens is 1. The van der Waals surface area contributed by atoms with Gasteiger partial charge in [-0.05, 0) is 25.1 Å². The van der Waals surface area contributed by atoms with E-state index in [-0.39, 0.29) is 38.5 Å². The lowest BCUT2D eigenvalue weighted by atomic mass is 10.1. The molecule has 1 N–H and O–H groups in total. The Bertz CT molecular complexity index is 1270. The normalized spacial score (nSPS) is 10.9. The highest BCUT2D eigenvalue weighted by atomic mass is 35.5. The molecule has 0 aliphatic carbocycles. The molecular weight excluding hydrogens is 431 g/mol. The van der Waals surface area contributed by atoms with Crippen LogP contribution in [0, 0.1) is 6.92 Å². The molecule has 4 aromatic rings. The number of halogens is 2. The Kier molecular flexibility index (Phi) is 5.24. The smallest absolute Gasteiger partial charge is 0.345 e. The molecule has 7 nitrogen and oxygen atoms in total. The van der Waals surface area contributed by atoms with Crippen LogP contribution < -0.4 is 5.32 Å². The largest absolute Gasteiger partial charge is 0.465 e. The quantitative estimate of drug-likeness (QED) is 0.403. The predicted molar refractivity (Wildman–Crippen MR) is 112 cm³/mol. The zero-order valence-corrected chi connectivity index (χ0v) is 17.3. The topological polar surface area (TPSA) is 94.6 Å². The van der Waals surface area contributed by atoms with Crippen molar-refractivity contribution in [1.29, 1.82) is 0 Å². The van der Waals surface area contributed by atoms with Gasteiger partial charge < -0.3 is 13.7 Å². The number of esters is 1. The van der Waals surface area contributed by atoms with Crippen molar-refractivity contribution in [2.24, 2.45) is 0 Å². The number of aryl methyl sites for hydroxylation is 1. The van der Waals surface area contributed by atoms with Gasteiger partial charge in [0.2, 0.25) is 5.88 Å². The Labute approximate surface area is 180 Å². The number of nitrogens with one attached hydrogen (secondary N) is 1. The Morgan fingerprint density at radius 2 is 1.77 bits per heavy atom. The van der Waals surface area contributed by atoms with Gasteiger partial charge in [-0.15, -0.1) is 0 Å².